The van der Waals surface area contributed by atoms with Crippen LogP contribution in [0.15, 0.2) is 30.5 Å². The molecule has 4 nitrogen and oxygen atoms in total. The largest absolute Gasteiger partial charge is 0.347 e. The first-order chi connectivity index (χ1) is 8.28. The van der Waals surface area contributed by atoms with Gasteiger partial charge in [0.1, 0.15) is 0 Å². The number of benzene rings is 1. The Kier molecular flexibility index (Phi) is 2.37. The standard InChI is InChI=1S/C13H15N3O/c14-15-13(17)11-4-3-10-5-6-16(12(10)7-11)8-9-1-2-9/h3-7,9H,1-2,8,14H2,(H,15,17). The molecule has 0 atom stereocenters. The molecule has 1 fully saturated rings. The minimum Gasteiger partial charge on any atom is -0.347 e. The number of hydrogen-bond acceptors (Lipinski definition) is 2. The van der Waals surface area contributed by atoms with E-state index >= 15 is 0 Å². The molecule has 1 aromatic heterocycles. The summed E-state index contributed by atoms with van der Waals surface area (Å²) in [6.07, 6.45) is 4.73. The Labute approximate surface area is 99.4 Å². The van der Waals surface area contributed by atoms with Crippen molar-refractivity contribution < 1.29 is 4.79 Å². The molecule has 1 aromatic carbocycles. The van der Waals surface area contributed by atoms with Gasteiger partial charge in [-0.05, 0) is 42.3 Å². The van der Waals surface area contributed by atoms with Crippen LogP contribution in [0, 0.1) is 5.92 Å². The molecule has 0 spiro atoms. The summed E-state index contributed by atoms with van der Waals surface area (Å²) in [5.74, 6) is 5.72. The Morgan fingerprint density at radius 2 is 2.24 bits per heavy atom. The summed E-state index contributed by atoms with van der Waals surface area (Å²) in [6.45, 7) is 1.05. The number of nitrogen functional groups attached to an aromatic ring is 1. The zero-order valence-electron chi connectivity index (χ0n) is 9.52. The van der Waals surface area contributed by atoms with Gasteiger partial charge in [0.05, 0.1) is 0 Å². The number of hydrazine groups is 1. The van der Waals surface area contributed by atoms with Crippen LogP contribution in [0.3, 0.4) is 0 Å². The summed E-state index contributed by atoms with van der Waals surface area (Å²) < 4.78 is 2.22. The molecule has 2 aromatic rings. The van der Waals surface area contributed by atoms with E-state index in [4.69, 9.17) is 5.84 Å². The number of nitrogens with zero attached hydrogens (tertiary/aromatic N) is 1. The number of fused-ring (bicyclic) bond motifs is 1. The lowest BCUT2D eigenvalue weighted by atomic mass is 10.1. The Bertz CT molecular complexity index is 569. The average Bonchev–Trinajstić information content (AvgIpc) is 3.09. The van der Waals surface area contributed by atoms with Crippen molar-refractivity contribution in [1.82, 2.24) is 9.99 Å². The second-order valence-corrected chi connectivity index (χ2v) is 4.66. The van der Waals surface area contributed by atoms with E-state index in [2.05, 4.69) is 22.3 Å². The first-order valence-corrected chi connectivity index (χ1v) is 5.88. The summed E-state index contributed by atoms with van der Waals surface area (Å²) in [7, 11) is 0. The molecule has 4 heteroatoms. The lowest BCUT2D eigenvalue weighted by molar-refractivity contribution is 0.0954. The SMILES string of the molecule is NNC(=O)c1ccc2ccn(CC3CC3)c2c1. The van der Waals surface area contributed by atoms with Gasteiger partial charge in [0.25, 0.3) is 5.91 Å². The van der Waals surface area contributed by atoms with E-state index in [1.807, 2.05) is 12.1 Å². The van der Waals surface area contributed by atoms with Crippen LogP contribution < -0.4 is 11.3 Å². The minimum atomic E-state index is -0.244. The fraction of sp³-hybridized carbons (Fsp3) is 0.308. The van der Waals surface area contributed by atoms with Gasteiger partial charge < -0.3 is 4.57 Å². The van der Waals surface area contributed by atoms with Crippen molar-refractivity contribution in [1.29, 1.82) is 0 Å². The van der Waals surface area contributed by atoms with E-state index in [-0.39, 0.29) is 5.91 Å². The molecule has 0 unspecified atom stereocenters. The van der Waals surface area contributed by atoms with Crippen molar-refractivity contribution in [2.24, 2.45) is 11.8 Å². The van der Waals surface area contributed by atoms with E-state index < -0.39 is 0 Å². The third kappa shape index (κ3) is 1.91. The van der Waals surface area contributed by atoms with Gasteiger partial charge in [-0.25, -0.2) is 5.84 Å². The van der Waals surface area contributed by atoms with E-state index in [1.54, 1.807) is 6.07 Å². The van der Waals surface area contributed by atoms with Gasteiger partial charge in [0.2, 0.25) is 0 Å². The van der Waals surface area contributed by atoms with Gasteiger partial charge in [0.15, 0.2) is 0 Å². The molecule has 1 aliphatic carbocycles. The maximum Gasteiger partial charge on any atom is 0.265 e. The number of hydrogen-bond donors (Lipinski definition) is 2. The van der Waals surface area contributed by atoms with Gasteiger partial charge in [-0.15, -0.1) is 0 Å². The fourth-order valence-electron chi connectivity index (χ4n) is 2.15. The van der Waals surface area contributed by atoms with Crippen molar-refractivity contribution in [3.05, 3.63) is 36.0 Å². The molecule has 1 saturated carbocycles. The number of aromatic nitrogens is 1. The molecular formula is C13H15N3O. The number of nitrogens with one attached hydrogen (secondary N) is 1. The van der Waals surface area contributed by atoms with Gasteiger partial charge in [-0.3, -0.25) is 10.2 Å². The minimum absolute atomic E-state index is 0.244. The lowest BCUT2D eigenvalue weighted by Crippen LogP contribution is -2.29. The van der Waals surface area contributed by atoms with Gasteiger partial charge in [-0.1, -0.05) is 6.07 Å². The second-order valence-electron chi connectivity index (χ2n) is 4.66. The summed E-state index contributed by atoms with van der Waals surface area (Å²) >= 11 is 0. The number of nitrogens with two attached hydrogens (primary N) is 1. The molecule has 0 saturated heterocycles. The highest BCUT2D eigenvalue weighted by Crippen LogP contribution is 2.32. The average molecular weight is 229 g/mol. The molecule has 1 heterocycles. The number of carbonyl (C=O) groups excluding carboxylic acids is 1. The van der Waals surface area contributed by atoms with Crippen molar-refractivity contribution in [2.75, 3.05) is 0 Å². The molecule has 0 aliphatic heterocycles. The van der Waals surface area contributed by atoms with Crippen LogP contribution in [0.1, 0.15) is 23.2 Å². The van der Waals surface area contributed by atoms with Crippen LogP contribution in [0.5, 0.6) is 0 Å². The normalized spacial score (nSPS) is 15.1. The van der Waals surface area contributed by atoms with Gasteiger partial charge in [0, 0.05) is 23.8 Å². The molecular weight excluding hydrogens is 214 g/mol. The molecule has 17 heavy (non-hydrogen) atoms. The highest BCUT2D eigenvalue weighted by atomic mass is 16.2. The zero-order valence-corrected chi connectivity index (χ0v) is 9.52. The summed E-state index contributed by atoms with van der Waals surface area (Å²) in [5, 5.41) is 1.17. The molecule has 88 valence electrons. The number of amides is 1. The topological polar surface area (TPSA) is 60.0 Å². The van der Waals surface area contributed by atoms with Crippen LogP contribution in [0.2, 0.25) is 0 Å². The highest BCUT2D eigenvalue weighted by molar-refractivity contribution is 5.97. The fourth-order valence-corrected chi connectivity index (χ4v) is 2.15. The number of rotatable bonds is 3. The molecule has 1 amide bonds. The molecule has 3 N–H and O–H groups in total. The quantitative estimate of drug-likeness (QED) is 0.477. The predicted octanol–water partition coefficient (Wildman–Crippen LogP) is 1.65. The summed E-state index contributed by atoms with van der Waals surface area (Å²) in [4.78, 5) is 11.5. The maximum atomic E-state index is 11.5. The predicted molar refractivity (Wildman–Crippen MR) is 66.3 cm³/mol. The molecule has 3 rings (SSSR count). The van der Waals surface area contributed by atoms with Crippen molar-refractivity contribution in [3.8, 4) is 0 Å². The van der Waals surface area contributed by atoms with Gasteiger partial charge in [-0.2, -0.15) is 0 Å². The molecule has 0 radical (unpaired) electrons. The van der Waals surface area contributed by atoms with E-state index in [0.29, 0.717) is 5.56 Å². The van der Waals surface area contributed by atoms with Crippen LogP contribution >= 0.6 is 0 Å². The first-order valence-electron chi connectivity index (χ1n) is 5.88. The third-order valence-electron chi connectivity index (χ3n) is 3.32. The lowest BCUT2D eigenvalue weighted by Gasteiger charge is -2.05. The van der Waals surface area contributed by atoms with Crippen molar-refractivity contribution in [2.45, 2.75) is 19.4 Å². The van der Waals surface area contributed by atoms with Crippen molar-refractivity contribution in [3.63, 3.8) is 0 Å². The molecule has 0 bridgehead atoms. The van der Waals surface area contributed by atoms with Crippen LogP contribution in [0.25, 0.3) is 10.9 Å². The highest BCUT2D eigenvalue weighted by Gasteiger charge is 2.22. The van der Waals surface area contributed by atoms with E-state index in [9.17, 15) is 4.79 Å². The maximum absolute atomic E-state index is 11.5. The van der Waals surface area contributed by atoms with E-state index in [0.717, 1.165) is 18.0 Å². The Hall–Kier alpha value is -1.81. The third-order valence-corrected chi connectivity index (χ3v) is 3.32. The van der Waals surface area contributed by atoms with Crippen LogP contribution in [0.4, 0.5) is 0 Å². The Morgan fingerprint density at radius 3 is 2.94 bits per heavy atom. The summed E-state index contributed by atoms with van der Waals surface area (Å²) in [5.41, 5.74) is 3.88. The van der Waals surface area contributed by atoms with Crippen LogP contribution in [-0.4, -0.2) is 10.5 Å². The van der Waals surface area contributed by atoms with E-state index in [1.165, 1.54) is 18.2 Å². The summed E-state index contributed by atoms with van der Waals surface area (Å²) in [6, 6.07) is 7.75. The first kappa shape index (κ1) is 10.4. The monoisotopic (exact) mass is 229 g/mol. The smallest absolute Gasteiger partial charge is 0.265 e. The second kappa shape index (κ2) is 3.89. The zero-order chi connectivity index (χ0) is 11.8. The van der Waals surface area contributed by atoms with Crippen molar-refractivity contribution >= 4 is 16.8 Å². The Morgan fingerprint density at radius 1 is 1.41 bits per heavy atom. The Balaban J connectivity index is 2.02. The molecule has 1 aliphatic rings. The van der Waals surface area contributed by atoms with Gasteiger partial charge >= 0.3 is 0 Å². The van der Waals surface area contributed by atoms with Crippen LogP contribution in [-0.2, 0) is 6.54 Å². The number of carbonyl (C=O) groups is 1.